The van der Waals surface area contributed by atoms with Crippen LogP contribution in [0.5, 0.6) is 0 Å². The molecule has 4 heterocycles. The van der Waals surface area contributed by atoms with E-state index in [0.717, 1.165) is 6.42 Å². The first kappa shape index (κ1) is 23.6. The molecule has 1 saturated heterocycles. The predicted molar refractivity (Wildman–Crippen MR) is 124 cm³/mol. The van der Waals surface area contributed by atoms with Crippen molar-refractivity contribution in [2.45, 2.75) is 52.2 Å². The molecule has 1 amide bonds. The van der Waals surface area contributed by atoms with Crippen molar-refractivity contribution in [1.82, 2.24) is 15.0 Å². The van der Waals surface area contributed by atoms with Gasteiger partial charge in [-0.15, -0.1) is 0 Å². The molecule has 180 valence electrons. The summed E-state index contributed by atoms with van der Waals surface area (Å²) in [5.41, 5.74) is 2.22. The van der Waals surface area contributed by atoms with Gasteiger partial charge in [0.15, 0.2) is 5.58 Å². The molecular weight excluding hydrogens is 440 g/mol. The lowest BCUT2D eigenvalue weighted by Crippen LogP contribution is -2.46. The van der Waals surface area contributed by atoms with Crippen molar-refractivity contribution in [1.29, 1.82) is 0 Å². The molecule has 2 atom stereocenters. The third-order valence-electron chi connectivity index (χ3n) is 5.69. The quantitative estimate of drug-likeness (QED) is 0.466. The smallest absolute Gasteiger partial charge is 0.414 e. The molecule has 1 aliphatic heterocycles. The van der Waals surface area contributed by atoms with Crippen molar-refractivity contribution in [3.63, 3.8) is 0 Å². The molecule has 3 aromatic heterocycles. The van der Waals surface area contributed by atoms with Gasteiger partial charge in [-0.2, -0.15) is 0 Å². The Labute approximate surface area is 197 Å². The van der Waals surface area contributed by atoms with Gasteiger partial charge in [-0.05, 0) is 45.2 Å². The first-order valence-electron chi connectivity index (χ1n) is 11.5. The summed E-state index contributed by atoms with van der Waals surface area (Å²) >= 11 is 0. The van der Waals surface area contributed by atoms with Crippen LogP contribution in [-0.4, -0.2) is 59.0 Å². The van der Waals surface area contributed by atoms with Gasteiger partial charge in [-0.1, -0.05) is 6.92 Å². The highest BCUT2D eigenvalue weighted by atomic mass is 16.6. The Kier molecular flexibility index (Phi) is 7.36. The second-order valence-corrected chi connectivity index (χ2v) is 7.82. The Morgan fingerprint density at radius 1 is 1.12 bits per heavy atom. The number of carbonyl (C=O) groups excluding carboxylic acids is 2. The van der Waals surface area contributed by atoms with E-state index in [9.17, 15) is 9.59 Å². The van der Waals surface area contributed by atoms with Crippen molar-refractivity contribution >= 4 is 28.8 Å². The van der Waals surface area contributed by atoms with Crippen molar-refractivity contribution in [3.8, 4) is 11.3 Å². The van der Waals surface area contributed by atoms with Gasteiger partial charge in [0.2, 0.25) is 5.76 Å². The number of anilines is 1. The maximum atomic E-state index is 13.3. The number of pyridine rings is 1. The van der Waals surface area contributed by atoms with Crippen molar-refractivity contribution < 1.29 is 28.2 Å². The van der Waals surface area contributed by atoms with Crippen LogP contribution in [0.25, 0.3) is 22.4 Å². The summed E-state index contributed by atoms with van der Waals surface area (Å²) in [5, 5.41) is 0. The molecule has 4 rings (SSSR count). The summed E-state index contributed by atoms with van der Waals surface area (Å²) in [6, 6.07) is 3.19. The number of aromatic nitrogens is 3. The molecule has 1 fully saturated rings. The van der Waals surface area contributed by atoms with Gasteiger partial charge in [0, 0.05) is 30.6 Å². The van der Waals surface area contributed by atoms with E-state index in [-0.39, 0.29) is 36.8 Å². The van der Waals surface area contributed by atoms with E-state index < -0.39 is 12.1 Å². The fourth-order valence-electron chi connectivity index (χ4n) is 4.11. The highest BCUT2D eigenvalue weighted by Gasteiger charge is 2.38. The molecule has 1 aliphatic rings. The molecule has 10 nitrogen and oxygen atoms in total. The lowest BCUT2D eigenvalue weighted by atomic mass is 9.99. The second kappa shape index (κ2) is 10.6. The summed E-state index contributed by atoms with van der Waals surface area (Å²) < 4.78 is 22.4. The topological polar surface area (TPSA) is 117 Å². The number of fused-ring (bicyclic) bond motifs is 1. The Morgan fingerprint density at radius 3 is 2.59 bits per heavy atom. The molecule has 0 aromatic carbocycles. The van der Waals surface area contributed by atoms with Gasteiger partial charge in [-0.25, -0.2) is 24.5 Å². The Hall–Kier alpha value is -3.53. The van der Waals surface area contributed by atoms with Crippen LogP contribution >= 0.6 is 0 Å². The molecule has 10 heteroatoms. The molecule has 0 spiro atoms. The number of amides is 1. The minimum atomic E-state index is -0.673. The van der Waals surface area contributed by atoms with Gasteiger partial charge >= 0.3 is 12.1 Å². The van der Waals surface area contributed by atoms with E-state index in [0.29, 0.717) is 41.8 Å². The van der Waals surface area contributed by atoms with Crippen molar-refractivity contribution in [2.75, 3.05) is 24.7 Å². The van der Waals surface area contributed by atoms with Crippen LogP contribution in [0.1, 0.15) is 50.6 Å². The highest BCUT2D eigenvalue weighted by molar-refractivity contribution is 6.08. The standard InChI is InChI=1S/C24H28N4O6/c1-4-17-11-16(9-10-33-17)28(24(30)32-6-3)21-20-19(34-22(21)23(29)31-5-2)8-7-18(27-20)15-12-25-14-26-13-15/h7-8,12-14,16-17H,4-6,9-11H2,1-3H3. The summed E-state index contributed by atoms with van der Waals surface area (Å²) in [4.78, 5) is 40.5. The summed E-state index contributed by atoms with van der Waals surface area (Å²) in [6.45, 7) is 6.31. The van der Waals surface area contributed by atoms with Crippen LogP contribution in [0, 0.1) is 0 Å². The number of nitrogens with zero attached hydrogens (tertiary/aromatic N) is 4. The van der Waals surface area contributed by atoms with Crippen molar-refractivity contribution in [3.05, 3.63) is 36.6 Å². The molecule has 0 bridgehead atoms. The first-order chi connectivity index (χ1) is 16.6. The van der Waals surface area contributed by atoms with E-state index in [2.05, 4.69) is 9.97 Å². The molecule has 0 radical (unpaired) electrons. The lowest BCUT2D eigenvalue weighted by Gasteiger charge is -2.36. The minimum Gasteiger partial charge on any atom is -0.460 e. The van der Waals surface area contributed by atoms with Gasteiger partial charge in [0.25, 0.3) is 0 Å². The van der Waals surface area contributed by atoms with Gasteiger partial charge in [-0.3, -0.25) is 4.90 Å². The van der Waals surface area contributed by atoms with Crippen LogP contribution in [-0.2, 0) is 14.2 Å². The Bertz CT molecular complexity index is 1150. The largest absolute Gasteiger partial charge is 0.460 e. The maximum Gasteiger partial charge on any atom is 0.414 e. The monoisotopic (exact) mass is 468 g/mol. The lowest BCUT2D eigenvalue weighted by molar-refractivity contribution is 0.00465. The number of ether oxygens (including phenoxy) is 3. The zero-order valence-electron chi connectivity index (χ0n) is 19.5. The normalized spacial score (nSPS) is 18.0. The Balaban J connectivity index is 1.91. The predicted octanol–water partition coefficient (Wildman–Crippen LogP) is 4.38. The van der Waals surface area contributed by atoms with Crippen LogP contribution in [0.3, 0.4) is 0 Å². The molecular formula is C24H28N4O6. The first-order valence-corrected chi connectivity index (χ1v) is 11.5. The number of rotatable bonds is 7. The van der Waals surface area contributed by atoms with E-state index in [1.54, 1.807) is 38.4 Å². The van der Waals surface area contributed by atoms with Crippen molar-refractivity contribution in [2.24, 2.45) is 0 Å². The summed E-state index contributed by atoms with van der Waals surface area (Å²) in [5.74, 6) is -0.758. The summed E-state index contributed by atoms with van der Waals surface area (Å²) in [7, 11) is 0. The van der Waals surface area contributed by atoms with Gasteiger partial charge in [0.05, 0.1) is 25.0 Å². The summed E-state index contributed by atoms with van der Waals surface area (Å²) in [6.07, 6.45) is 6.11. The van der Waals surface area contributed by atoms with E-state index >= 15 is 0 Å². The number of hydrogen-bond acceptors (Lipinski definition) is 9. The van der Waals surface area contributed by atoms with Gasteiger partial charge < -0.3 is 18.6 Å². The average Bonchev–Trinajstić information content (AvgIpc) is 3.24. The zero-order valence-corrected chi connectivity index (χ0v) is 19.5. The van der Waals surface area contributed by atoms with Crippen LogP contribution < -0.4 is 4.90 Å². The third kappa shape index (κ3) is 4.72. The molecule has 0 saturated carbocycles. The minimum absolute atomic E-state index is 0.00938. The number of carbonyl (C=O) groups is 2. The zero-order chi connectivity index (χ0) is 24.1. The van der Waals surface area contributed by atoms with Crippen LogP contribution in [0.2, 0.25) is 0 Å². The van der Waals surface area contributed by atoms with E-state index in [1.807, 2.05) is 6.92 Å². The maximum absolute atomic E-state index is 13.3. The highest BCUT2D eigenvalue weighted by Crippen LogP contribution is 2.38. The molecule has 3 aromatic rings. The number of esters is 1. The average molecular weight is 469 g/mol. The third-order valence-corrected chi connectivity index (χ3v) is 5.69. The van der Waals surface area contributed by atoms with E-state index in [1.165, 1.54) is 11.2 Å². The van der Waals surface area contributed by atoms with E-state index in [4.69, 9.17) is 23.6 Å². The fraction of sp³-hybridized carbons (Fsp3) is 0.458. The molecule has 0 aliphatic carbocycles. The second-order valence-electron chi connectivity index (χ2n) is 7.82. The number of furan rings is 1. The van der Waals surface area contributed by atoms with Crippen LogP contribution in [0.4, 0.5) is 10.5 Å². The SMILES string of the molecule is CCOC(=O)c1oc2ccc(-c3cncnc3)nc2c1N(C(=O)OCC)C1CCOC(CC)C1. The van der Waals surface area contributed by atoms with Gasteiger partial charge in [0.1, 0.15) is 17.5 Å². The van der Waals surface area contributed by atoms with Crippen LogP contribution in [0.15, 0.2) is 35.3 Å². The number of hydrogen-bond donors (Lipinski definition) is 0. The Morgan fingerprint density at radius 2 is 1.88 bits per heavy atom. The molecule has 2 unspecified atom stereocenters. The molecule has 0 N–H and O–H groups in total. The molecule has 34 heavy (non-hydrogen) atoms. The fourth-order valence-corrected chi connectivity index (χ4v) is 4.11.